The molecule has 1 heterocycles. The van der Waals surface area contributed by atoms with E-state index in [1.54, 1.807) is 0 Å². The molecule has 1 fully saturated rings. The fraction of sp³-hybridized carbons (Fsp3) is 0.867. The first-order valence-corrected chi connectivity index (χ1v) is 7.46. The van der Waals surface area contributed by atoms with Crippen LogP contribution in [0.1, 0.15) is 53.9 Å². The normalized spacial score (nSPS) is 22.7. The summed E-state index contributed by atoms with van der Waals surface area (Å²) in [5, 5.41) is 2.88. The zero-order chi connectivity index (χ0) is 14.6. The third-order valence-corrected chi connectivity index (χ3v) is 3.79. The Labute approximate surface area is 116 Å². The van der Waals surface area contributed by atoms with Gasteiger partial charge in [0.15, 0.2) is 0 Å². The Morgan fingerprint density at radius 1 is 1.26 bits per heavy atom. The largest absolute Gasteiger partial charge is 0.344 e. The molecule has 2 unspecified atom stereocenters. The van der Waals surface area contributed by atoms with Gasteiger partial charge in [-0.15, -0.1) is 0 Å². The highest BCUT2D eigenvalue weighted by Crippen LogP contribution is 2.20. The molecule has 1 rings (SSSR count). The van der Waals surface area contributed by atoms with Crippen molar-refractivity contribution in [3.8, 4) is 0 Å². The zero-order valence-electron chi connectivity index (χ0n) is 12.9. The maximum Gasteiger partial charge on any atom is 0.245 e. The van der Waals surface area contributed by atoms with Crippen LogP contribution in [0.4, 0.5) is 0 Å². The number of hydrogen-bond acceptors (Lipinski definition) is 2. The predicted molar refractivity (Wildman–Crippen MR) is 76.6 cm³/mol. The smallest absolute Gasteiger partial charge is 0.245 e. The van der Waals surface area contributed by atoms with Crippen LogP contribution in [0.2, 0.25) is 0 Å². The van der Waals surface area contributed by atoms with Crippen molar-refractivity contribution in [2.75, 3.05) is 6.54 Å². The average Bonchev–Trinajstić information content (AvgIpc) is 2.42. The van der Waals surface area contributed by atoms with Gasteiger partial charge < -0.3 is 10.2 Å². The van der Waals surface area contributed by atoms with E-state index in [1.807, 2.05) is 4.90 Å². The van der Waals surface area contributed by atoms with E-state index in [9.17, 15) is 9.59 Å². The fourth-order valence-electron chi connectivity index (χ4n) is 2.87. The van der Waals surface area contributed by atoms with Crippen LogP contribution in [0.5, 0.6) is 0 Å². The third kappa shape index (κ3) is 4.22. The molecular weight excluding hydrogens is 240 g/mol. The van der Waals surface area contributed by atoms with Gasteiger partial charge in [0.25, 0.3) is 0 Å². The monoisotopic (exact) mass is 268 g/mol. The summed E-state index contributed by atoms with van der Waals surface area (Å²) >= 11 is 0. The summed E-state index contributed by atoms with van der Waals surface area (Å²) in [4.78, 5) is 26.3. The van der Waals surface area contributed by atoms with E-state index in [-0.39, 0.29) is 23.9 Å². The molecule has 4 nitrogen and oxygen atoms in total. The van der Waals surface area contributed by atoms with Crippen LogP contribution in [0.15, 0.2) is 0 Å². The topological polar surface area (TPSA) is 49.4 Å². The van der Waals surface area contributed by atoms with Gasteiger partial charge in [-0.1, -0.05) is 34.6 Å². The van der Waals surface area contributed by atoms with Gasteiger partial charge in [-0.25, -0.2) is 0 Å². The number of hydrogen-bond donors (Lipinski definition) is 1. The standard InChI is InChI=1S/C15H28N2O2/c1-6-13(11(4)5)17-8-7-14(18)16-12(15(17)19)9-10(2)3/h10-13H,6-9H2,1-5H3,(H,16,18). The molecule has 0 spiro atoms. The Morgan fingerprint density at radius 2 is 1.89 bits per heavy atom. The summed E-state index contributed by atoms with van der Waals surface area (Å²) in [7, 11) is 0. The van der Waals surface area contributed by atoms with E-state index < -0.39 is 0 Å². The van der Waals surface area contributed by atoms with Crippen molar-refractivity contribution >= 4 is 11.8 Å². The maximum atomic E-state index is 12.6. The Morgan fingerprint density at radius 3 is 2.37 bits per heavy atom. The fourth-order valence-corrected chi connectivity index (χ4v) is 2.87. The predicted octanol–water partition coefficient (Wildman–Crippen LogP) is 2.18. The van der Waals surface area contributed by atoms with E-state index in [4.69, 9.17) is 0 Å². The molecule has 0 radical (unpaired) electrons. The van der Waals surface area contributed by atoms with E-state index in [0.29, 0.717) is 24.8 Å². The Bertz CT molecular complexity index is 326. The van der Waals surface area contributed by atoms with Crippen LogP contribution in [0.25, 0.3) is 0 Å². The Balaban J connectivity index is 2.91. The van der Waals surface area contributed by atoms with E-state index in [2.05, 4.69) is 39.9 Å². The SMILES string of the molecule is CCC(C(C)C)N1CCC(=O)NC(CC(C)C)C1=O. The van der Waals surface area contributed by atoms with Gasteiger partial charge in [-0.3, -0.25) is 9.59 Å². The highest BCUT2D eigenvalue weighted by atomic mass is 16.2. The Kier molecular flexibility index (Phi) is 5.83. The first kappa shape index (κ1) is 16.0. The lowest BCUT2D eigenvalue weighted by atomic mass is 9.97. The molecule has 2 atom stereocenters. The maximum absolute atomic E-state index is 12.6. The minimum absolute atomic E-state index is 0.000101. The minimum atomic E-state index is -0.345. The molecule has 2 amide bonds. The second kappa shape index (κ2) is 6.92. The zero-order valence-corrected chi connectivity index (χ0v) is 12.9. The minimum Gasteiger partial charge on any atom is -0.344 e. The second-order valence-corrected chi connectivity index (χ2v) is 6.25. The molecule has 0 aliphatic carbocycles. The molecule has 1 aliphatic heterocycles. The van der Waals surface area contributed by atoms with Gasteiger partial charge in [-0.2, -0.15) is 0 Å². The van der Waals surface area contributed by atoms with Crippen LogP contribution in [0, 0.1) is 11.8 Å². The molecule has 19 heavy (non-hydrogen) atoms. The van der Waals surface area contributed by atoms with Crippen LogP contribution in [-0.2, 0) is 9.59 Å². The van der Waals surface area contributed by atoms with Crippen molar-refractivity contribution in [2.24, 2.45) is 11.8 Å². The molecule has 0 aromatic carbocycles. The molecule has 0 bridgehead atoms. The molecule has 110 valence electrons. The third-order valence-electron chi connectivity index (χ3n) is 3.79. The van der Waals surface area contributed by atoms with E-state index in [0.717, 1.165) is 12.8 Å². The van der Waals surface area contributed by atoms with Gasteiger partial charge in [0.05, 0.1) is 0 Å². The van der Waals surface area contributed by atoms with Crippen LogP contribution in [0.3, 0.4) is 0 Å². The first-order valence-electron chi connectivity index (χ1n) is 7.46. The van der Waals surface area contributed by atoms with E-state index >= 15 is 0 Å². The van der Waals surface area contributed by atoms with Crippen molar-refractivity contribution in [2.45, 2.75) is 66.0 Å². The summed E-state index contributed by atoms with van der Waals surface area (Å²) in [6.07, 6.45) is 2.07. The number of carbonyl (C=O) groups excluding carboxylic acids is 2. The number of nitrogens with one attached hydrogen (secondary N) is 1. The molecule has 0 aromatic heterocycles. The van der Waals surface area contributed by atoms with Gasteiger partial charge >= 0.3 is 0 Å². The first-order chi connectivity index (χ1) is 8.86. The van der Waals surface area contributed by atoms with Gasteiger partial charge in [0.2, 0.25) is 11.8 Å². The van der Waals surface area contributed by atoms with Crippen molar-refractivity contribution in [1.82, 2.24) is 10.2 Å². The van der Waals surface area contributed by atoms with Crippen molar-refractivity contribution in [3.63, 3.8) is 0 Å². The molecule has 1 N–H and O–H groups in total. The van der Waals surface area contributed by atoms with Crippen LogP contribution in [-0.4, -0.2) is 35.3 Å². The highest BCUT2D eigenvalue weighted by Gasteiger charge is 2.34. The lowest BCUT2D eigenvalue weighted by molar-refractivity contribution is -0.137. The van der Waals surface area contributed by atoms with Gasteiger partial charge in [0.1, 0.15) is 6.04 Å². The highest BCUT2D eigenvalue weighted by molar-refractivity contribution is 5.90. The molecule has 4 heteroatoms. The van der Waals surface area contributed by atoms with Crippen LogP contribution < -0.4 is 5.32 Å². The lowest BCUT2D eigenvalue weighted by Crippen LogP contribution is -2.50. The van der Waals surface area contributed by atoms with Crippen molar-refractivity contribution < 1.29 is 9.59 Å². The summed E-state index contributed by atoms with van der Waals surface area (Å²) in [6, 6.07) is -0.113. The Hall–Kier alpha value is -1.06. The quantitative estimate of drug-likeness (QED) is 0.831. The summed E-state index contributed by atoms with van der Waals surface area (Å²) < 4.78 is 0. The number of amides is 2. The molecule has 1 aliphatic rings. The molecule has 0 saturated carbocycles. The summed E-state index contributed by atoms with van der Waals surface area (Å²) in [5.41, 5.74) is 0. The molecule has 1 saturated heterocycles. The van der Waals surface area contributed by atoms with Gasteiger partial charge in [-0.05, 0) is 24.7 Å². The van der Waals surface area contributed by atoms with E-state index in [1.165, 1.54) is 0 Å². The number of carbonyl (C=O) groups is 2. The number of rotatable bonds is 5. The average molecular weight is 268 g/mol. The summed E-state index contributed by atoms with van der Waals surface area (Å²) in [5.74, 6) is 0.912. The van der Waals surface area contributed by atoms with Crippen molar-refractivity contribution in [3.05, 3.63) is 0 Å². The van der Waals surface area contributed by atoms with Crippen molar-refractivity contribution in [1.29, 1.82) is 0 Å². The van der Waals surface area contributed by atoms with Gasteiger partial charge in [0, 0.05) is 19.0 Å². The van der Waals surface area contributed by atoms with Crippen LogP contribution >= 0.6 is 0 Å². The summed E-state index contributed by atoms with van der Waals surface area (Å²) in [6.45, 7) is 11.1. The lowest BCUT2D eigenvalue weighted by Gasteiger charge is -2.34. The number of nitrogens with zero attached hydrogens (tertiary/aromatic N) is 1. The second-order valence-electron chi connectivity index (χ2n) is 6.25. The molecular formula is C15H28N2O2. The molecule has 0 aromatic rings.